The molecule has 4 nitrogen and oxygen atoms in total. The zero-order valence-corrected chi connectivity index (χ0v) is 11.4. The molecular formula is C13H15BrN2O2. The third-order valence-electron chi connectivity index (χ3n) is 3.90. The van der Waals surface area contributed by atoms with Gasteiger partial charge in [-0.3, -0.25) is 4.79 Å². The molecular weight excluding hydrogens is 296 g/mol. The Balaban J connectivity index is 1.88. The van der Waals surface area contributed by atoms with Crippen molar-refractivity contribution in [2.45, 2.75) is 18.0 Å². The van der Waals surface area contributed by atoms with Gasteiger partial charge in [-0.25, -0.2) is 0 Å². The smallest absolute Gasteiger partial charge is 0.237 e. The number of hydrogen-bond donors (Lipinski definition) is 2. The first-order valence-electron chi connectivity index (χ1n) is 6.10. The number of nitrogens with one attached hydrogen (secondary N) is 1. The summed E-state index contributed by atoms with van der Waals surface area (Å²) in [5.74, 6) is 0.332. The van der Waals surface area contributed by atoms with Crippen LogP contribution in [-0.2, 0) is 4.79 Å². The highest BCUT2D eigenvalue weighted by Gasteiger charge is 2.52. The summed E-state index contributed by atoms with van der Waals surface area (Å²) in [5, 5.41) is 12.6. The normalized spacial score (nSPS) is 30.9. The molecule has 1 aromatic rings. The minimum atomic E-state index is -0.0641. The Hall–Kier alpha value is -0.910. The number of halogens is 1. The number of benzene rings is 1. The number of carbonyl (C=O) groups excluding carboxylic acids is 1. The number of aliphatic hydroxyl groups excluding tert-OH is 1. The lowest BCUT2D eigenvalue weighted by atomic mass is 9.74. The minimum Gasteiger partial charge on any atom is -0.394 e. The summed E-state index contributed by atoms with van der Waals surface area (Å²) in [6.07, 6.45) is 0. The summed E-state index contributed by atoms with van der Waals surface area (Å²) in [4.78, 5) is 13.6. The second-order valence-corrected chi connectivity index (χ2v) is 5.74. The van der Waals surface area contributed by atoms with Crippen LogP contribution in [0.25, 0.3) is 0 Å². The molecule has 0 radical (unpaired) electrons. The topological polar surface area (TPSA) is 52.6 Å². The lowest BCUT2D eigenvalue weighted by Gasteiger charge is -2.57. The molecule has 2 aliphatic rings. The van der Waals surface area contributed by atoms with Crippen LogP contribution in [0, 0.1) is 0 Å². The van der Waals surface area contributed by atoms with E-state index in [-0.39, 0.29) is 30.5 Å². The van der Waals surface area contributed by atoms with Crippen LogP contribution in [0.1, 0.15) is 11.5 Å². The summed E-state index contributed by atoms with van der Waals surface area (Å²) < 4.78 is 1.04. The largest absolute Gasteiger partial charge is 0.394 e. The molecule has 5 heteroatoms. The van der Waals surface area contributed by atoms with E-state index in [1.54, 1.807) is 0 Å². The van der Waals surface area contributed by atoms with E-state index in [1.165, 1.54) is 5.56 Å². The van der Waals surface area contributed by atoms with Gasteiger partial charge < -0.3 is 15.3 Å². The number of fused-ring (bicyclic) bond motifs is 1. The van der Waals surface area contributed by atoms with Crippen molar-refractivity contribution in [2.75, 3.05) is 19.7 Å². The third-order valence-corrected chi connectivity index (χ3v) is 4.43. The summed E-state index contributed by atoms with van der Waals surface area (Å²) in [6, 6.07) is 8.26. The van der Waals surface area contributed by atoms with Crippen molar-refractivity contribution >= 4 is 21.8 Å². The second kappa shape index (κ2) is 4.64. The predicted octanol–water partition coefficient (Wildman–Crippen LogP) is 0.708. The highest BCUT2D eigenvalue weighted by Crippen LogP contribution is 2.41. The zero-order chi connectivity index (χ0) is 12.7. The van der Waals surface area contributed by atoms with Gasteiger partial charge in [-0.05, 0) is 17.7 Å². The molecule has 96 valence electrons. The van der Waals surface area contributed by atoms with Gasteiger partial charge >= 0.3 is 0 Å². The number of aliphatic hydroxyl groups is 1. The molecule has 0 aliphatic carbocycles. The Morgan fingerprint density at radius 2 is 2.11 bits per heavy atom. The van der Waals surface area contributed by atoms with Crippen LogP contribution in [0.15, 0.2) is 28.7 Å². The first-order chi connectivity index (χ1) is 8.72. The molecule has 0 aromatic heterocycles. The average Bonchev–Trinajstić information content (AvgIpc) is 2.34. The SMILES string of the molecule is O=C1CNC[C@H]2[C@H](c3ccc(Br)cc3)[C@H](CO)N12. The average molecular weight is 311 g/mol. The van der Waals surface area contributed by atoms with Gasteiger partial charge in [0.25, 0.3) is 0 Å². The first-order valence-corrected chi connectivity index (χ1v) is 6.90. The summed E-state index contributed by atoms with van der Waals surface area (Å²) >= 11 is 3.42. The summed E-state index contributed by atoms with van der Waals surface area (Å²) in [5.41, 5.74) is 1.19. The molecule has 0 spiro atoms. The number of piperazine rings is 1. The number of carbonyl (C=O) groups is 1. The van der Waals surface area contributed by atoms with E-state index in [1.807, 2.05) is 17.0 Å². The fraction of sp³-hybridized carbons (Fsp3) is 0.462. The van der Waals surface area contributed by atoms with Crippen LogP contribution >= 0.6 is 15.9 Å². The molecule has 2 N–H and O–H groups in total. The van der Waals surface area contributed by atoms with Crippen molar-refractivity contribution in [3.05, 3.63) is 34.3 Å². The fourth-order valence-corrected chi connectivity index (χ4v) is 3.36. The van der Waals surface area contributed by atoms with Gasteiger partial charge in [-0.2, -0.15) is 0 Å². The molecule has 0 unspecified atom stereocenters. The van der Waals surface area contributed by atoms with Crippen molar-refractivity contribution in [1.82, 2.24) is 10.2 Å². The zero-order valence-electron chi connectivity index (χ0n) is 9.84. The van der Waals surface area contributed by atoms with Gasteiger partial charge in [0.2, 0.25) is 5.91 Å². The van der Waals surface area contributed by atoms with Gasteiger partial charge in [0, 0.05) is 16.9 Å². The van der Waals surface area contributed by atoms with Crippen molar-refractivity contribution in [3.63, 3.8) is 0 Å². The molecule has 3 rings (SSSR count). The van der Waals surface area contributed by atoms with Gasteiger partial charge in [-0.15, -0.1) is 0 Å². The van der Waals surface area contributed by atoms with Crippen LogP contribution in [0.2, 0.25) is 0 Å². The van der Waals surface area contributed by atoms with Gasteiger partial charge in [0.05, 0.1) is 25.2 Å². The Morgan fingerprint density at radius 3 is 2.78 bits per heavy atom. The molecule has 2 aliphatic heterocycles. The molecule has 2 saturated heterocycles. The number of rotatable bonds is 2. The Kier molecular flexibility index (Phi) is 3.13. The number of amides is 1. The molecule has 1 amide bonds. The minimum absolute atomic E-state index is 0.0307. The maximum Gasteiger partial charge on any atom is 0.237 e. The highest BCUT2D eigenvalue weighted by molar-refractivity contribution is 9.10. The Labute approximate surface area is 114 Å². The van der Waals surface area contributed by atoms with Gasteiger partial charge in [-0.1, -0.05) is 28.1 Å². The standard InChI is InChI=1S/C13H15BrN2O2/c14-9-3-1-8(2-4-9)13-10-5-15-6-12(18)16(10)11(13)7-17/h1-4,10-11,13,15,17H,5-7H2/t10-,11-,13-/m0/s1. The lowest BCUT2D eigenvalue weighted by Crippen LogP contribution is -2.72. The molecule has 2 fully saturated rings. The van der Waals surface area contributed by atoms with Gasteiger partial charge in [0.15, 0.2) is 0 Å². The van der Waals surface area contributed by atoms with E-state index in [2.05, 4.69) is 33.4 Å². The second-order valence-electron chi connectivity index (χ2n) is 4.83. The summed E-state index contributed by atoms with van der Waals surface area (Å²) in [7, 11) is 0. The van der Waals surface area contributed by atoms with Crippen LogP contribution in [0.5, 0.6) is 0 Å². The quantitative estimate of drug-likeness (QED) is 0.846. The van der Waals surface area contributed by atoms with E-state index < -0.39 is 0 Å². The van der Waals surface area contributed by atoms with Crippen molar-refractivity contribution < 1.29 is 9.90 Å². The maximum atomic E-state index is 11.8. The van der Waals surface area contributed by atoms with Crippen LogP contribution in [0.4, 0.5) is 0 Å². The van der Waals surface area contributed by atoms with Crippen LogP contribution in [0.3, 0.4) is 0 Å². The maximum absolute atomic E-state index is 11.8. The lowest BCUT2D eigenvalue weighted by molar-refractivity contribution is -0.153. The Morgan fingerprint density at radius 1 is 1.39 bits per heavy atom. The van der Waals surface area contributed by atoms with E-state index >= 15 is 0 Å². The van der Waals surface area contributed by atoms with Crippen LogP contribution in [-0.4, -0.2) is 47.7 Å². The fourth-order valence-electron chi connectivity index (χ4n) is 3.09. The first kappa shape index (κ1) is 12.1. The molecule has 1 aromatic carbocycles. The third kappa shape index (κ3) is 1.77. The van der Waals surface area contributed by atoms with Crippen molar-refractivity contribution in [1.29, 1.82) is 0 Å². The van der Waals surface area contributed by atoms with E-state index in [0.29, 0.717) is 6.54 Å². The molecule has 2 heterocycles. The number of nitrogens with zero attached hydrogens (tertiary/aromatic N) is 1. The number of hydrogen-bond acceptors (Lipinski definition) is 3. The highest BCUT2D eigenvalue weighted by atomic mass is 79.9. The molecule has 18 heavy (non-hydrogen) atoms. The van der Waals surface area contributed by atoms with Crippen molar-refractivity contribution in [3.8, 4) is 0 Å². The van der Waals surface area contributed by atoms with E-state index in [4.69, 9.17) is 0 Å². The molecule has 0 bridgehead atoms. The van der Waals surface area contributed by atoms with Gasteiger partial charge in [0.1, 0.15) is 0 Å². The molecule has 3 atom stereocenters. The van der Waals surface area contributed by atoms with Crippen molar-refractivity contribution in [2.24, 2.45) is 0 Å². The predicted molar refractivity (Wildman–Crippen MR) is 71.3 cm³/mol. The Bertz CT molecular complexity index is 457. The monoisotopic (exact) mass is 310 g/mol. The van der Waals surface area contributed by atoms with Crippen LogP contribution < -0.4 is 5.32 Å². The molecule has 0 saturated carbocycles. The van der Waals surface area contributed by atoms with E-state index in [0.717, 1.165) is 11.0 Å². The van der Waals surface area contributed by atoms with E-state index in [9.17, 15) is 9.90 Å². The summed E-state index contributed by atoms with van der Waals surface area (Å²) in [6.45, 7) is 1.23.